The molecule has 1 unspecified atom stereocenters. The second-order valence-corrected chi connectivity index (χ2v) is 16.6. The average Bonchev–Trinajstić information content (AvgIpc) is 3.43. The van der Waals surface area contributed by atoms with Crippen LogP contribution in [0, 0.1) is 13.8 Å². The van der Waals surface area contributed by atoms with Gasteiger partial charge in [-0.2, -0.15) is 0 Å². The van der Waals surface area contributed by atoms with E-state index in [1.807, 2.05) is 0 Å². The summed E-state index contributed by atoms with van der Waals surface area (Å²) in [6, 6.07) is 34.8. The van der Waals surface area contributed by atoms with Gasteiger partial charge in [0.2, 0.25) is 0 Å². The first kappa shape index (κ1) is 28.7. The van der Waals surface area contributed by atoms with Crippen LogP contribution in [0.15, 0.2) is 114 Å². The molecule has 0 saturated heterocycles. The minimum absolute atomic E-state index is 0. The van der Waals surface area contributed by atoms with E-state index in [1.165, 1.54) is 50.1 Å². The number of hydrogen-bond donors (Lipinski definition) is 0. The standard InChI is InChI=1S/C15H14.C13H9.C7H9.2ClH.Zr/c1-12-3-7-14(8-4-12)11-15-9-5-13(2)6-10-15;1-3-7-12-10(5-1)9-11-6-2-4-8-13(11)12;1-6-3-4-7(2)5-6;;;/h3-10H,1-2H3;1-5,7-8H,9H2;3-5H,1-2H3;2*1H;/q;;;;;+2/p-2. The molecule has 4 aromatic carbocycles. The molecule has 38 heavy (non-hydrogen) atoms. The molecule has 0 N–H and O–H groups in total. The van der Waals surface area contributed by atoms with Crippen molar-refractivity contribution in [2.45, 2.75) is 37.7 Å². The molecule has 0 nitrogen and oxygen atoms in total. The molecule has 0 fully saturated rings. The number of halogens is 2. The molecule has 2 aliphatic carbocycles. The topological polar surface area (TPSA) is 0 Å². The molecule has 0 aliphatic heterocycles. The second kappa shape index (κ2) is 11.8. The van der Waals surface area contributed by atoms with Gasteiger partial charge in [-0.3, -0.25) is 0 Å². The van der Waals surface area contributed by atoms with Crippen molar-refractivity contribution in [2.24, 2.45) is 0 Å². The Bertz CT molecular complexity index is 1520. The van der Waals surface area contributed by atoms with E-state index >= 15 is 0 Å². The van der Waals surface area contributed by atoms with Crippen LogP contribution in [0.3, 0.4) is 0 Å². The molecular formula is C35H32Cl2Zr. The zero-order chi connectivity index (χ0) is 24.8. The van der Waals surface area contributed by atoms with Gasteiger partial charge in [-0.1, -0.05) is 0 Å². The van der Waals surface area contributed by atoms with Crippen LogP contribution in [0.25, 0.3) is 11.1 Å². The minimum Gasteiger partial charge on any atom is -1.00 e. The average molecular weight is 615 g/mol. The Labute approximate surface area is 247 Å². The Morgan fingerprint density at radius 3 is 1.82 bits per heavy atom. The van der Waals surface area contributed by atoms with E-state index in [-0.39, 0.29) is 24.8 Å². The number of benzene rings is 4. The fourth-order valence-corrected chi connectivity index (χ4v) is 15.0. The molecule has 1 atom stereocenters. The van der Waals surface area contributed by atoms with Gasteiger partial charge in [0.25, 0.3) is 0 Å². The van der Waals surface area contributed by atoms with Crippen LogP contribution in [0.4, 0.5) is 0 Å². The number of aryl methyl sites for hydroxylation is 2. The fourth-order valence-electron chi connectivity index (χ4n) is 5.99. The molecular weight excluding hydrogens is 583 g/mol. The van der Waals surface area contributed by atoms with Crippen LogP contribution in [-0.2, 0) is 27.7 Å². The van der Waals surface area contributed by atoms with Crippen molar-refractivity contribution in [2.75, 3.05) is 0 Å². The normalized spacial score (nSPS) is 14.7. The molecule has 6 rings (SSSR count). The van der Waals surface area contributed by atoms with E-state index in [1.54, 1.807) is 12.0 Å². The van der Waals surface area contributed by atoms with E-state index in [4.69, 9.17) is 0 Å². The van der Waals surface area contributed by atoms with Crippen molar-refractivity contribution in [3.63, 3.8) is 0 Å². The third kappa shape index (κ3) is 5.27. The molecule has 0 saturated carbocycles. The van der Waals surface area contributed by atoms with E-state index < -0.39 is 21.3 Å². The van der Waals surface area contributed by atoms with Crippen molar-refractivity contribution in [1.29, 1.82) is 0 Å². The summed E-state index contributed by atoms with van der Waals surface area (Å²) in [6.07, 6.45) is 6.05. The number of allylic oxidation sites excluding steroid dienone is 4. The molecule has 190 valence electrons. The van der Waals surface area contributed by atoms with Crippen LogP contribution >= 0.6 is 0 Å². The zero-order valence-corrected chi connectivity index (χ0v) is 26.3. The van der Waals surface area contributed by atoms with Crippen LogP contribution in [0.1, 0.15) is 47.2 Å². The summed E-state index contributed by atoms with van der Waals surface area (Å²) in [4.78, 5) is 0. The number of fused-ring (bicyclic) bond motifs is 3. The molecule has 0 amide bonds. The smallest absolute Gasteiger partial charge is 1.00 e. The van der Waals surface area contributed by atoms with E-state index in [0.29, 0.717) is 3.63 Å². The van der Waals surface area contributed by atoms with Gasteiger partial charge in [0.15, 0.2) is 0 Å². The molecule has 2 aliphatic rings. The first-order valence-corrected chi connectivity index (χ1v) is 16.8. The summed E-state index contributed by atoms with van der Waals surface area (Å²) in [5.74, 6) is 0. The maximum atomic E-state index is 2.58. The largest absolute Gasteiger partial charge is 1.00 e. The summed E-state index contributed by atoms with van der Waals surface area (Å²) < 4.78 is 3.80. The summed E-state index contributed by atoms with van der Waals surface area (Å²) in [7, 11) is 0. The van der Waals surface area contributed by atoms with Gasteiger partial charge in [-0.05, 0) is 0 Å². The first-order valence-electron chi connectivity index (χ1n) is 12.9. The van der Waals surface area contributed by atoms with Crippen LogP contribution < -0.4 is 28.1 Å². The van der Waals surface area contributed by atoms with E-state index in [2.05, 4.69) is 131 Å². The van der Waals surface area contributed by atoms with Gasteiger partial charge in [0.05, 0.1) is 0 Å². The maximum Gasteiger partial charge on any atom is -1.00 e. The van der Waals surface area contributed by atoms with Crippen LogP contribution in [0.5, 0.6) is 0 Å². The minimum atomic E-state index is -2.57. The van der Waals surface area contributed by atoms with Crippen molar-refractivity contribution >= 4 is 6.48 Å². The number of rotatable bonds is 4. The maximum absolute atomic E-state index is 2.58. The monoisotopic (exact) mass is 612 g/mol. The van der Waals surface area contributed by atoms with Gasteiger partial charge in [0.1, 0.15) is 0 Å². The molecule has 0 spiro atoms. The molecule has 0 bridgehead atoms. The Morgan fingerprint density at radius 1 is 0.658 bits per heavy atom. The van der Waals surface area contributed by atoms with Crippen LogP contribution in [0.2, 0.25) is 3.63 Å². The molecule has 4 aromatic rings. The van der Waals surface area contributed by atoms with Crippen molar-refractivity contribution in [3.8, 4) is 11.1 Å². The van der Waals surface area contributed by atoms with E-state index in [0.717, 1.165) is 6.42 Å². The molecule has 0 aromatic heterocycles. The quantitative estimate of drug-likeness (QED) is 0.291. The van der Waals surface area contributed by atoms with Crippen molar-refractivity contribution in [3.05, 3.63) is 148 Å². The summed E-state index contributed by atoms with van der Waals surface area (Å²) in [5, 5.41) is 0. The Hall–Kier alpha value is -2.31. The van der Waals surface area contributed by atoms with Gasteiger partial charge in [-0.25, -0.2) is 0 Å². The Balaban J connectivity index is 0.00000168. The van der Waals surface area contributed by atoms with Crippen molar-refractivity contribution in [1.82, 2.24) is 0 Å². The SMILES string of the molecule is CC1=C[CH]([Zr+2](=[C](c2ccc(C)cc2)c2ccc(C)cc2)[c]2cccc3c2Cc2ccccc2-3)C(C)=C1.[Cl-].[Cl-]. The third-order valence-corrected chi connectivity index (χ3v) is 16.2. The predicted molar refractivity (Wildman–Crippen MR) is 151 cm³/mol. The second-order valence-electron chi connectivity index (χ2n) is 10.5. The molecule has 3 heteroatoms. The Morgan fingerprint density at radius 2 is 1.24 bits per heavy atom. The fraction of sp³-hybridized carbons (Fsp3) is 0.171. The first-order chi connectivity index (χ1) is 17.5. The third-order valence-electron chi connectivity index (χ3n) is 7.78. The predicted octanol–water partition coefficient (Wildman–Crippen LogP) is 2.09. The van der Waals surface area contributed by atoms with E-state index in [9.17, 15) is 0 Å². The van der Waals surface area contributed by atoms with Crippen LogP contribution in [-0.4, -0.2) is 3.21 Å². The van der Waals surface area contributed by atoms with Crippen molar-refractivity contribution < 1.29 is 46.1 Å². The van der Waals surface area contributed by atoms with Gasteiger partial charge < -0.3 is 24.8 Å². The van der Waals surface area contributed by atoms with Gasteiger partial charge in [-0.15, -0.1) is 0 Å². The summed E-state index contributed by atoms with van der Waals surface area (Å²) in [6.45, 7) is 9.00. The molecule has 0 radical (unpaired) electrons. The van der Waals surface area contributed by atoms with Gasteiger partial charge in [0, 0.05) is 0 Å². The Kier molecular flexibility index (Phi) is 8.94. The number of hydrogen-bond acceptors (Lipinski definition) is 0. The molecule has 0 heterocycles. The summed E-state index contributed by atoms with van der Waals surface area (Å²) >= 11 is -2.57. The van der Waals surface area contributed by atoms with Gasteiger partial charge >= 0.3 is 224 Å². The summed E-state index contributed by atoms with van der Waals surface area (Å²) in [5.41, 5.74) is 14.3. The zero-order valence-electron chi connectivity index (χ0n) is 22.4.